The predicted molar refractivity (Wildman–Crippen MR) is 65.5 cm³/mol. The van der Waals surface area contributed by atoms with Gasteiger partial charge in [0.05, 0.1) is 5.69 Å². The molecule has 0 aromatic carbocycles. The van der Waals surface area contributed by atoms with E-state index >= 15 is 0 Å². The molecule has 0 spiro atoms. The Labute approximate surface area is 97.7 Å². The van der Waals surface area contributed by atoms with E-state index in [0.717, 1.165) is 39.1 Å². The molecule has 4 nitrogen and oxygen atoms in total. The van der Waals surface area contributed by atoms with Crippen LogP contribution < -0.4 is 5.32 Å². The molecule has 2 rings (SSSR count). The van der Waals surface area contributed by atoms with E-state index in [1.54, 1.807) is 0 Å². The van der Waals surface area contributed by atoms with Gasteiger partial charge in [0.15, 0.2) is 0 Å². The topological polar surface area (TPSA) is 33.1 Å². The molecule has 0 bridgehead atoms. The summed E-state index contributed by atoms with van der Waals surface area (Å²) in [6.45, 7) is 9.61. The Hall–Kier alpha value is -0.870. The van der Waals surface area contributed by atoms with Gasteiger partial charge >= 0.3 is 0 Å². The number of aromatic nitrogens is 2. The third-order valence-corrected chi connectivity index (χ3v) is 3.42. The first-order valence-electron chi connectivity index (χ1n) is 6.16. The van der Waals surface area contributed by atoms with E-state index < -0.39 is 0 Å². The van der Waals surface area contributed by atoms with Crippen molar-refractivity contribution in [2.24, 2.45) is 0 Å². The standard InChI is InChI=1S/C12H22N4/c1-4-15(3)7-8-16-10(2)14-11-9-13-6-5-12(11)16/h13H,4-9H2,1-3H3. The highest BCUT2D eigenvalue weighted by Crippen LogP contribution is 2.15. The van der Waals surface area contributed by atoms with E-state index in [9.17, 15) is 0 Å². The Morgan fingerprint density at radius 3 is 3.06 bits per heavy atom. The molecule has 0 saturated carbocycles. The quantitative estimate of drug-likeness (QED) is 0.817. The molecule has 1 aromatic heterocycles. The second kappa shape index (κ2) is 4.97. The lowest BCUT2D eigenvalue weighted by atomic mass is 10.2. The van der Waals surface area contributed by atoms with Crippen molar-refractivity contribution >= 4 is 0 Å². The number of likely N-dealkylation sites (N-methyl/N-ethyl adjacent to an activating group) is 1. The highest BCUT2D eigenvalue weighted by molar-refractivity contribution is 5.19. The normalized spacial score (nSPS) is 15.5. The van der Waals surface area contributed by atoms with E-state index in [2.05, 4.69) is 40.7 Å². The number of rotatable bonds is 4. The molecule has 4 heteroatoms. The summed E-state index contributed by atoms with van der Waals surface area (Å²) in [5, 5.41) is 3.37. The molecule has 1 N–H and O–H groups in total. The zero-order chi connectivity index (χ0) is 11.5. The second-order valence-corrected chi connectivity index (χ2v) is 4.53. The third kappa shape index (κ3) is 2.28. The Kier molecular flexibility index (Phi) is 3.61. The molecule has 16 heavy (non-hydrogen) atoms. The summed E-state index contributed by atoms with van der Waals surface area (Å²) in [6, 6.07) is 0. The first-order chi connectivity index (χ1) is 7.72. The number of hydrogen-bond acceptors (Lipinski definition) is 3. The van der Waals surface area contributed by atoms with Crippen LogP contribution in [0.4, 0.5) is 0 Å². The number of aryl methyl sites for hydroxylation is 1. The fourth-order valence-electron chi connectivity index (χ4n) is 2.23. The van der Waals surface area contributed by atoms with Crippen LogP contribution in [0.3, 0.4) is 0 Å². The Bertz CT molecular complexity index is 356. The highest BCUT2D eigenvalue weighted by atomic mass is 15.2. The van der Waals surface area contributed by atoms with Gasteiger partial charge in [0.2, 0.25) is 0 Å². The average Bonchev–Trinajstić information content (AvgIpc) is 2.62. The van der Waals surface area contributed by atoms with Crippen molar-refractivity contribution in [3.63, 3.8) is 0 Å². The Morgan fingerprint density at radius 2 is 2.31 bits per heavy atom. The summed E-state index contributed by atoms with van der Waals surface area (Å²) in [5.41, 5.74) is 2.70. The van der Waals surface area contributed by atoms with Crippen LogP contribution in [0.25, 0.3) is 0 Å². The Balaban J connectivity index is 2.10. The van der Waals surface area contributed by atoms with E-state index in [1.165, 1.54) is 17.2 Å². The molecule has 90 valence electrons. The fourth-order valence-corrected chi connectivity index (χ4v) is 2.23. The highest BCUT2D eigenvalue weighted by Gasteiger charge is 2.17. The molecule has 0 fully saturated rings. The minimum absolute atomic E-state index is 0.937. The van der Waals surface area contributed by atoms with Crippen LogP contribution >= 0.6 is 0 Å². The van der Waals surface area contributed by atoms with Gasteiger partial charge in [0.25, 0.3) is 0 Å². The zero-order valence-corrected chi connectivity index (χ0v) is 10.6. The molecule has 0 radical (unpaired) electrons. The summed E-state index contributed by atoms with van der Waals surface area (Å²) in [6.07, 6.45) is 1.12. The van der Waals surface area contributed by atoms with Gasteiger partial charge in [-0.2, -0.15) is 0 Å². The minimum Gasteiger partial charge on any atom is -0.331 e. The lowest BCUT2D eigenvalue weighted by Crippen LogP contribution is -2.27. The predicted octanol–water partition coefficient (Wildman–Crippen LogP) is 0.789. The minimum atomic E-state index is 0.937. The lowest BCUT2D eigenvalue weighted by molar-refractivity contribution is 0.331. The first-order valence-corrected chi connectivity index (χ1v) is 6.16. The maximum Gasteiger partial charge on any atom is 0.106 e. The monoisotopic (exact) mass is 222 g/mol. The van der Waals surface area contributed by atoms with E-state index in [1.807, 2.05) is 0 Å². The van der Waals surface area contributed by atoms with Gasteiger partial charge in [-0.3, -0.25) is 0 Å². The second-order valence-electron chi connectivity index (χ2n) is 4.53. The van der Waals surface area contributed by atoms with Crippen molar-refractivity contribution in [3.8, 4) is 0 Å². The van der Waals surface area contributed by atoms with Crippen molar-refractivity contribution < 1.29 is 0 Å². The number of nitrogens with zero attached hydrogens (tertiary/aromatic N) is 3. The maximum atomic E-state index is 4.64. The summed E-state index contributed by atoms with van der Waals surface area (Å²) >= 11 is 0. The van der Waals surface area contributed by atoms with Crippen LogP contribution in [0.15, 0.2) is 0 Å². The average molecular weight is 222 g/mol. The number of hydrogen-bond donors (Lipinski definition) is 1. The van der Waals surface area contributed by atoms with Gasteiger partial charge < -0.3 is 14.8 Å². The van der Waals surface area contributed by atoms with Gasteiger partial charge in [-0.1, -0.05) is 6.92 Å². The molecule has 1 aliphatic rings. The van der Waals surface area contributed by atoms with Crippen LogP contribution in [-0.2, 0) is 19.5 Å². The molecule has 0 aliphatic carbocycles. The molecule has 0 atom stereocenters. The van der Waals surface area contributed by atoms with Crippen molar-refractivity contribution in [3.05, 3.63) is 17.2 Å². The Morgan fingerprint density at radius 1 is 1.50 bits per heavy atom. The van der Waals surface area contributed by atoms with Gasteiger partial charge in [0, 0.05) is 38.3 Å². The molecule has 0 unspecified atom stereocenters. The van der Waals surface area contributed by atoms with Crippen LogP contribution in [0.2, 0.25) is 0 Å². The van der Waals surface area contributed by atoms with Gasteiger partial charge in [-0.15, -0.1) is 0 Å². The van der Waals surface area contributed by atoms with Crippen molar-refractivity contribution in [2.45, 2.75) is 33.4 Å². The maximum absolute atomic E-state index is 4.64. The number of fused-ring (bicyclic) bond motifs is 1. The summed E-state index contributed by atoms with van der Waals surface area (Å²) in [4.78, 5) is 6.98. The third-order valence-electron chi connectivity index (χ3n) is 3.42. The van der Waals surface area contributed by atoms with Crippen molar-refractivity contribution in [2.75, 3.05) is 26.7 Å². The number of imidazole rings is 1. The summed E-state index contributed by atoms with van der Waals surface area (Å²) in [5.74, 6) is 1.17. The van der Waals surface area contributed by atoms with E-state index in [-0.39, 0.29) is 0 Å². The molecule has 2 heterocycles. The van der Waals surface area contributed by atoms with Gasteiger partial charge in [-0.25, -0.2) is 4.98 Å². The van der Waals surface area contributed by atoms with Crippen LogP contribution in [0.1, 0.15) is 24.1 Å². The van der Waals surface area contributed by atoms with Crippen molar-refractivity contribution in [1.82, 2.24) is 19.8 Å². The van der Waals surface area contributed by atoms with Crippen LogP contribution in [0.5, 0.6) is 0 Å². The lowest BCUT2D eigenvalue weighted by Gasteiger charge is -2.18. The molecular weight excluding hydrogens is 200 g/mol. The van der Waals surface area contributed by atoms with Gasteiger partial charge in [-0.05, 0) is 20.5 Å². The summed E-state index contributed by atoms with van der Waals surface area (Å²) in [7, 11) is 2.17. The van der Waals surface area contributed by atoms with E-state index in [0.29, 0.717) is 0 Å². The molecule has 0 amide bonds. The van der Waals surface area contributed by atoms with Crippen LogP contribution in [-0.4, -0.2) is 41.1 Å². The fraction of sp³-hybridized carbons (Fsp3) is 0.750. The SMILES string of the molecule is CCN(C)CCn1c(C)nc2c1CCNC2. The smallest absolute Gasteiger partial charge is 0.106 e. The van der Waals surface area contributed by atoms with Crippen molar-refractivity contribution in [1.29, 1.82) is 0 Å². The zero-order valence-electron chi connectivity index (χ0n) is 10.6. The number of nitrogens with one attached hydrogen (secondary N) is 1. The first kappa shape index (κ1) is 11.6. The molecule has 1 aliphatic heterocycles. The largest absolute Gasteiger partial charge is 0.331 e. The van der Waals surface area contributed by atoms with Crippen LogP contribution in [0, 0.1) is 6.92 Å². The summed E-state index contributed by atoms with van der Waals surface area (Å²) < 4.78 is 2.39. The van der Waals surface area contributed by atoms with E-state index in [4.69, 9.17) is 0 Å². The molecule has 0 saturated heterocycles. The van der Waals surface area contributed by atoms with Gasteiger partial charge in [0.1, 0.15) is 5.82 Å². The molecular formula is C12H22N4. The molecule has 1 aromatic rings.